The second-order valence-electron chi connectivity index (χ2n) is 3.07. The van der Waals surface area contributed by atoms with E-state index in [4.69, 9.17) is 4.42 Å². The van der Waals surface area contributed by atoms with Crippen LogP contribution < -0.4 is 0 Å². The van der Waals surface area contributed by atoms with Gasteiger partial charge in [-0.1, -0.05) is 24.3 Å². The van der Waals surface area contributed by atoms with Crippen molar-refractivity contribution in [3.63, 3.8) is 0 Å². The molecular formula is C12H10O2. The predicted molar refractivity (Wildman–Crippen MR) is 53.3 cm³/mol. The lowest BCUT2D eigenvalue weighted by Gasteiger charge is -2.01. The lowest BCUT2D eigenvalue weighted by molar-refractivity contribution is 0.112. The van der Waals surface area contributed by atoms with Crippen molar-refractivity contribution < 1.29 is 9.21 Å². The number of hydrogen-bond acceptors (Lipinski definition) is 2. The fourth-order valence-electron chi connectivity index (χ4n) is 1.41. The van der Waals surface area contributed by atoms with E-state index >= 15 is 0 Å². The van der Waals surface area contributed by atoms with Gasteiger partial charge in [-0.2, -0.15) is 0 Å². The molecule has 0 bridgehead atoms. The van der Waals surface area contributed by atoms with E-state index in [2.05, 4.69) is 0 Å². The Balaban J connectivity index is 2.28. The lowest BCUT2D eigenvalue weighted by Crippen LogP contribution is -1.92. The molecular weight excluding hydrogens is 176 g/mol. The fraction of sp³-hybridized carbons (Fsp3) is 0.0833. The van der Waals surface area contributed by atoms with E-state index in [0.29, 0.717) is 6.42 Å². The zero-order valence-corrected chi connectivity index (χ0v) is 7.64. The Morgan fingerprint density at radius 2 is 2.00 bits per heavy atom. The van der Waals surface area contributed by atoms with Crippen LogP contribution in [0.2, 0.25) is 0 Å². The topological polar surface area (TPSA) is 30.2 Å². The van der Waals surface area contributed by atoms with Crippen molar-refractivity contribution in [3.05, 3.63) is 59.5 Å². The minimum atomic E-state index is 0.669. The maximum Gasteiger partial charge on any atom is 0.150 e. The molecule has 2 aromatic rings. The standard InChI is InChI=1S/C12H10O2/c13-9-11-5-2-1-4-10(11)8-12-6-3-7-14-12/h1-7,9H,8H2. The maximum absolute atomic E-state index is 10.7. The summed E-state index contributed by atoms with van der Waals surface area (Å²) in [6.45, 7) is 0. The Bertz CT molecular complexity index is 416. The van der Waals surface area contributed by atoms with Crippen molar-refractivity contribution >= 4 is 6.29 Å². The van der Waals surface area contributed by atoms with Crippen molar-refractivity contribution in [1.29, 1.82) is 0 Å². The van der Waals surface area contributed by atoms with Crippen LogP contribution in [0.15, 0.2) is 47.1 Å². The number of hydrogen-bond donors (Lipinski definition) is 0. The van der Waals surface area contributed by atoms with Crippen LogP contribution in [0.3, 0.4) is 0 Å². The molecule has 0 aliphatic heterocycles. The molecule has 0 radical (unpaired) electrons. The van der Waals surface area contributed by atoms with Gasteiger partial charge in [0.15, 0.2) is 0 Å². The van der Waals surface area contributed by atoms with Gasteiger partial charge in [-0.3, -0.25) is 4.79 Å². The van der Waals surface area contributed by atoms with E-state index in [1.807, 2.05) is 36.4 Å². The van der Waals surface area contributed by atoms with Crippen LogP contribution in [-0.2, 0) is 6.42 Å². The second kappa shape index (κ2) is 3.92. The number of carbonyl (C=O) groups excluding carboxylic acids is 1. The van der Waals surface area contributed by atoms with Gasteiger partial charge in [0.25, 0.3) is 0 Å². The van der Waals surface area contributed by atoms with Crippen molar-refractivity contribution in [1.82, 2.24) is 0 Å². The number of furan rings is 1. The summed E-state index contributed by atoms with van der Waals surface area (Å²) in [6, 6.07) is 11.3. The van der Waals surface area contributed by atoms with Crippen molar-refractivity contribution in [2.45, 2.75) is 6.42 Å². The van der Waals surface area contributed by atoms with Gasteiger partial charge in [-0.05, 0) is 17.7 Å². The van der Waals surface area contributed by atoms with E-state index in [-0.39, 0.29) is 0 Å². The SMILES string of the molecule is O=Cc1ccccc1Cc1ccco1. The molecule has 1 aromatic heterocycles. The van der Waals surface area contributed by atoms with Crippen LogP contribution in [-0.4, -0.2) is 6.29 Å². The van der Waals surface area contributed by atoms with Crippen molar-refractivity contribution in [2.75, 3.05) is 0 Å². The molecule has 2 rings (SSSR count). The number of carbonyl (C=O) groups is 1. The van der Waals surface area contributed by atoms with E-state index in [9.17, 15) is 4.79 Å². The highest BCUT2D eigenvalue weighted by Gasteiger charge is 2.02. The van der Waals surface area contributed by atoms with Crippen LogP contribution >= 0.6 is 0 Å². The summed E-state index contributed by atoms with van der Waals surface area (Å²) in [5.74, 6) is 0.874. The minimum absolute atomic E-state index is 0.669. The molecule has 0 saturated carbocycles. The van der Waals surface area contributed by atoms with E-state index < -0.39 is 0 Å². The van der Waals surface area contributed by atoms with E-state index in [0.717, 1.165) is 23.2 Å². The summed E-state index contributed by atoms with van der Waals surface area (Å²) in [6.07, 6.45) is 3.18. The molecule has 0 aliphatic carbocycles. The van der Waals surface area contributed by atoms with Gasteiger partial charge < -0.3 is 4.42 Å². The molecule has 0 unspecified atom stereocenters. The highest BCUT2D eigenvalue weighted by Crippen LogP contribution is 2.12. The molecule has 1 aromatic carbocycles. The molecule has 70 valence electrons. The Morgan fingerprint density at radius 3 is 2.71 bits per heavy atom. The smallest absolute Gasteiger partial charge is 0.150 e. The molecule has 0 saturated heterocycles. The highest BCUT2D eigenvalue weighted by atomic mass is 16.3. The average Bonchev–Trinajstić information content (AvgIpc) is 2.71. The minimum Gasteiger partial charge on any atom is -0.469 e. The van der Waals surface area contributed by atoms with Crippen LogP contribution in [0.4, 0.5) is 0 Å². The molecule has 0 fully saturated rings. The first-order chi connectivity index (χ1) is 6.90. The average molecular weight is 186 g/mol. The molecule has 0 spiro atoms. The van der Waals surface area contributed by atoms with Crippen LogP contribution in [0.5, 0.6) is 0 Å². The Kier molecular flexibility index (Phi) is 2.45. The van der Waals surface area contributed by atoms with Crippen molar-refractivity contribution in [3.8, 4) is 0 Å². The van der Waals surface area contributed by atoms with Gasteiger partial charge in [0, 0.05) is 12.0 Å². The largest absolute Gasteiger partial charge is 0.469 e. The van der Waals surface area contributed by atoms with Gasteiger partial charge in [-0.25, -0.2) is 0 Å². The second-order valence-corrected chi connectivity index (χ2v) is 3.07. The summed E-state index contributed by atoms with van der Waals surface area (Å²) in [5, 5.41) is 0. The van der Waals surface area contributed by atoms with Crippen LogP contribution in [0, 0.1) is 0 Å². The molecule has 14 heavy (non-hydrogen) atoms. The van der Waals surface area contributed by atoms with E-state index in [1.165, 1.54) is 0 Å². The Labute approximate surface area is 82.2 Å². The van der Waals surface area contributed by atoms with E-state index in [1.54, 1.807) is 6.26 Å². The molecule has 0 N–H and O–H groups in total. The Hall–Kier alpha value is -1.83. The van der Waals surface area contributed by atoms with Crippen LogP contribution in [0.25, 0.3) is 0 Å². The first-order valence-electron chi connectivity index (χ1n) is 4.45. The summed E-state index contributed by atoms with van der Waals surface area (Å²) in [5.41, 5.74) is 1.72. The zero-order chi connectivity index (χ0) is 9.80. The normalized spacial score (nSPS) is 10.0. The van der Waals surface area contributed by atoms with Gasteiger partial charge in [0.2, 0.25) is 0 Å². The maximum atomic E-state index is 10.7. The van der Waals surface area contributed by atoms with Gasteiger partial charge in [-0.15, -0.1) is 0 Å². The first kappa shape index (κ1) is 8.75. The Morgan fingerprint density at radius 1 is 1.14 bits per heavy atom. The number of aldehydes is 1. The van der Waals surface area contributed by atoms with Crippen molar-refractivity contribution in [2.24, 2.45) is 0 Å². The summed E-state index contributed by atoms with van der Waals surface area (Å²) in [4.78, 5) is 10.7. The third-order valence-corrected chi connectivity index (χ3v) is 2.13. The number of rotatable bonds is 3. The quantitative estimate of drug-likeness (QED) is 0.690. The third kappa shape index (κ3) is 1.74. The fourth-order valence-corrected chi connectivity index (χ4v) is 1.41. The summed E-state index contributed by atoms with van der Waals surface area (Å²) in [7, 11) is 0. The van der Waals surface area contributed by atoms with Crippen LogP contribution in [0.1, 0.15) is 21.7 Å². The molecule has 1 heterocycles. The lowest BCUT2D eigenvalue weighted by atomic mass is 10.0. The number of benzene rings is 1. The van der Waals surface area contributed by atoms with Gasteiger partial charge in [0.1, 0.15) is 12.0 Å². The molecule has 0 aliphatic rings. The summed E-state index contributed by atoms with van der Waals surface area (Å²) >= 11 is 0. The first-order valence-corrected chi connectivity index (χ1v) is 4.45. The zero-order valence-electron chi connectivity index (χ0n) is 7.64. The monoisotopic (exact) mass is 186 g/mol. The summed E-state index contributed by atoms with van der Waals surface area (Å²) < 4.78 is 5.22. The molecule has 0 amide bonds. The highest BCUT2D eigenvalue weighted by molar-refractivity contribution is 5.77. The third-order valence-electron chi connectivity index (χ3n) is 2.13. The molecule has 0 atom stereocenters. The molecule has 2 nitrogen and oxygen atoms in total. The molecule has 2 heteroatoms. The van der Waals surface area contributed by atoms with Gasteiger partial charge in [0.05, 0.1) is 6.26 Å². The van der Waals surface area contributed by atoms with Gasteiger partial charge >= 0.3 is 0 Å². The predicted octanol–water partition coefficient (Wildman–Crippen LogP) is 2.68.